The first-order valence-electron chi connectivity index (χ1n) is 13.9. The fourth-order valence-electron chi connectivity index (χ4n) is 5.02. The number of hydrogen-bond donors (Lipinski definition) is 0. The first kappa shape index (κ1) is 30.4. The van der Waals surface area contributed by atoms with Crippen LogP contribution in [-0.2, 0) is 9.53 Å². The summed E-state index contributed by atoms with van der Waals surface area (Å²) in [5.41, 5.74) is 2.31. The van der Waals surface area contributed by atoms with E-state index in [0.717, 1.165) is 0 Å². The largest absolute Gasteiger partial charge is 0.493 e. The molecule has 2 heterocycles. The van der Waals surface area contributed by atoms with Crippen LogP contribution in [0, 0.1) is 0 Å². The summed E-state index contributed by atoms with van der Waals surface area (Å²) in [4.78, 5) is 33.3. The number of ether oxygens (including phenoxy) is 5. The Morgan fingerprint density at radius 1 is 0.977 bits per heavy atom. The molecule has 0 radical (unpaired) electrons. The molecule has 1 aliphatic rings. The number of fused-ring (bicyclic) bond motifs is 1. The molecule has 10 heteroatoms. The summed E-state index contributed by atoms with van der Waals surface area (Å²) in [6, 6.07) is 19.3. The molecule has 1 atom stereocenters. The Bertz CT molecular complexity index is 1910. The second-order valence-corrected chi connectivity index (χ2v) is 10.5. The SMILES string of the molecule is C=CCOc1c(/C=c2\sc3n(c2=O)[C@@H](c2ccc(OC)c(OC)c2)C(C(=O)OCC)=C(c2ccccc2)N=3)cccc1OC. The molecule has 0 saturated carbocycles. The molecule has 44 heavy (non-hydrogen) atoms. The summed E-state index contributed by atoms with van der Waals surface area (Å²) in [5, 5.41) is 0. The molecule has 0 saturated heterocycles. The van der Waals surface area contributed by atoms with Gasteiger partial charge >= 0.3 is 5.97 Å². The molecule has 3 aromatic carbocycles. The quantitative estimate of drug-likeness (QED) is 0.181. The van der Waals surface area contributed by atoms with E-state index in [1.165, 1.54) is 23.0 Å². The number of aromatic nitrogens is 1. The predicted molar refractivity (Wildman–Crippen MR) is 169 cm³/mol. The zero-order valence-electron chi connectivity index (χ0n) is 24.9. The lowest BCUT2D eigenvalue weighted by Gasteiger charge is -2.26. The highest BCUT2D eigenvalue weighted by Gasteiger charge is 2.35. The number of carbonyl (C=O) groups is 1. The number of benzene rings is 3. The van der Waals surface area contributed by atoms with Crippen LogP contribution in [-0.4, -0.2) is 45.1 Å². The van der Waals surface area contributed by atoms with Gasteiger partial charge in [0, 0.05) is 11.1 Å². The number of nitrogens with zero attached hydrogens (tertiary/aromatic N) is 2. The maximum Gasteiger partial charge on any atom is 0.338 e. The molecule has 226 valence electrons. The lowest BCUT2D eigenvalue weighted by atomic mass is 9.93. The number of methoxy groups -OCH3 is 3. The number of carbonyl (C=O) groups excluding carboxylic acids is 1. The molecular weight excluding hydrogens is 580 g/mol. The van der Waals surface area contributed by atoms with Crippen LogP contribution in [0.5, 0.6) is 23.0 Å². The predicted octanol–water partition coefficient (Wildman–Crippen LogP) is 4.53. The average molecular weight is 613 g/mol. The van der Waals surface area contributed by atoms with Crippen molar-refractivity contribution in [3.05, 3.63) is 121 Å². The molecule has 0 spiro atoms. The molecule has 0 N–H and O–H groups in total. The fourth-order valence-corrected chi connectivity index (χ4v) is 6.02. The van der Waals surface area contributed by atoms with Gasteiger partial charge in [-0.3, -0.25) is 9.36 Å². The lowest BCUT2D eigenvalue weighted by molar-refractivity contribution is -0.138. The van der Waals surface area contributed by atoms with E-state index in [0.29, 0.717) is 54.7 Å². The standard InChI is InChI=1S/C34H32N2O7S/c1-6-18-43-31-23(14-11-15-25(31)40-4)20-27-32(37)36-30(22-16-17-24(39-3)26(19-22)41-5)28(33(38)42-7-2)29(35-34(36)44-27)21-12-9-8-10-13-21/h6,8-17,19-20,30H,1,7,18H2,2-5H3/b27-20-/t30-/m0/s1. The van der Waals surface area contributed by atoms with E-state index in [9.17, 15) is 9.59 Å². The maximum absolute atomic E-state index is 14.3. The Balaban J connectivity index is 1.83. The van der Waals surface area contributed by atoms with Crippen molar-refractivity contribution in [2.45, 2.75) is 13.0 Å². The average Bonchev–Trinajstić information content (AvgIpc) is 3.37. The van der Waals surface area contributed by atoms with Crippen LogP contribution in [0.3, 0.4) is 0 Å². The van der Waals surface area contributed by atoms with Crippen LogP contribution in [0.25, 0.3) is 11.8 Å². The maximum atomic E-state index is 14.3. The van der Waals surface area contributed by atoms with Gasteiger partial charge in [0.2, 0.25) is 0 Å². The minimum absolute atomic E-state index is 0.150. The van der Waals surface area contributed by atoms with E-state index < -0.39 is 12.0 Å². The van der Waals surface area contributed by atoms with Crippen molar-refractivity contribution in [1.29, 1.82) is 0 Å². The highest BCUT2D eigenvalue weighted by atomic mass is 32.1. The van der Waals surface area contributed by atoms with Crippen molar-refractivity contribution in [2.24, 2.45) is 4.99 Å². The highest BCUT2D eigenvalue weighted by Crippen LogP contribution is 2.38. The topological polar surface area (TPSA) is 97.6 Å². The molecule has 5 rings (SSSR count). The molecule has 0 amide bonds. The molecular formula is C34H32N2O7S. The van der Waals surface area contributed by atoms with Gasteiger partial charge in [-0.2, -0.15) is 0 Å². The third kappa shape index (κ3) is 5.76. The van der Waals surface area contributed by atoms with Gasteiger partial charge in [-0.1, -0.05) is 72.5 Å². The van der Waals surface area contributed by atoms with E-state index in [-0.39, 0.29) is 24.3 Å². The van der Waals surface area contributed by atoms with Crippen molar-refractivity contribution >= 4 is 29.1 Å². The van der Waals surface area contributed by atoms with Crippen LogP contribution in [0.2, 0.25) is 0 Å². The lowest BCUT2D eigenvalue weighted by Crippen LogP contribution is -2.40. The van der Waals surface area contributed by atoms with Crippen molar-refractivity contribution < 1.29 is 28.5 Å². The molecule has 0 fully saturated rings. The Kier molecular flexibility index (Phi) is 9.30. The van der Waals surface area contributed by atoms with Crippen LogP contribution in [0.1, 0.15) is 29.7 Å². The Morgan fingerprint density at radius 3 is 2.41 bits per heavy atom. The van der Waals surface area contributed by atoms with Crippen LogP contribution in [0.15, 0.2) is 94.7 Å². The van der Waals surface area contributed by atoms with Crippen molar-refractivity contribution in [3.63, 3.8) is 0 Å². The van der Waals surface area contributed by atoms with Gasteiger partial charge in [-0.05, 0) is 36.8 Å². The Morgan fingerprint density at radius 2 is 1.73 bits per heavy atom. The summed E-state index contributed by atoms with van der Waals surface area (Å²) >= 11 is 1.21. The van der Waals surface area contributed by atoms with E-state index in [1.54, 1.807) is 57.6 Å². The molecule has 1 aliphatic heterocycles. The highest BCUT2D eigenvalue weighted by molar-refractivity contribution is 7.07. The van der Waals surface area contributed by atoms with Gasteiger partial charge in [0.15, 0.2) is 27.8 Å². The number of para-hydroxylation sites is 1. The van der Waals surface area contributed by atoms with E-state index in [4.69, 9.17) is 28.7 Å². The number of thiazole rings is 1. The van der Waals surface area contributed by atoms with E-state index in [1.807, 2.05) is 42.5 Å². The summed E-state index contributed by atoms with van der Waals surface area (Å²) in [6.07, 6.45) is 3.38. The van der Waals surface area contributed by atoms with Gasteiger partial charge in [0.25, 0.3) is 5.56 Å². The Labute approximate surface area is 258 Å². The Hall–Kier alpha value is -5.09. The van der Waals surface area contributed by atoms with Crippen LogP contribution in [0.4, 0.5) is 0 Å². The molecule has 1 aromatic heterocycles. The first-order valence-corrected chi connectivity index (χ1v) is 14.7. The summed E-state index contributed by atoms with van der Waals surface area (Å²) < 4.78 is 29.9. The normalized spacial score (nSPS) is 14.4. The van der Waals surface area contributed by atoms with Crippen molar-refractivity contribution in [1.82, 2.24) is 4.57 Å². The number of esters is 1. The third-order valence-electron chi connectivity index (χ3n) is 6.96. The van der Waals surface area contributed by atoms with Gasteiger partial charge in [-0.15, -0.1) is 0 Å². The fraction of sp³-hybridized carbons (Fsp3) is 0.206. The number of hydrogen-bond acceptors (Lipinski definition) is 9. The molecule has 0 bridgehead atoms. The van der Waals surface area contributed by atoms with Gasteiger partial charge in [0.1, 0.15) is 6.61 Å². The molecule has 0 unspecified atom stereocenters. The summed E-state index contributed by atoms with van der Waals surface area (Å²) in [5.74, 6) is 1.40. The monoisotopic (exact) mass is 612 g/mol. The van der Waals surface area contributed by atoms with Gasteiger partial charge in [0.05, 0.1) is 49.8 Å². The zero-order chi connectivity index (χ0) is 31.2. The molecule has 9 nitrogen and oxygen atoms in total. The van der Waals surface area contributed by atoms with Gasteiger partial charge < -0.3 is 23.7 Å². The van der Waals surface area contributed by atoms with Crippen molar-refractivity contribution in [3.8, 4) is 23.0 Å². The molecule has 4 aromatic rings. The van der Waals surface area contributed by atoms with Crippen LogP contribution >= 0.6 is 11.3 Å². The third-order valence-corrected chi connectivity index (χ3v) is 7.94. The minimum Gasteiger partial charge on any atom is -0.493 e. The van der Waals surface area contributed by atoms with Gasteiger partial charge in [-0.25, -0.2) is 9.79 Å². The van der Waals surface area contributed by atoms with Crippen LogP contribution < -0.4 is 33.8 Å². The zero-order valence-corrected chi connectivity index (χ0v) is 25.7. The first-order chi connectivity index (χ1) is 21.4. The smallest absolute Gasteiger partial charge is 0.338 e. The summed E-state index contributed by atoms with van der Waals surface area (Å²) in [7, 11) is 4.63. The molecule has 0 aliphatic carbocycles. The van der Waals surface area contributed by atoms with E-state index in [2.05, 4.69) is 6.58 Å². The van der Waals surface area contributed by atoms with E-state index >= 15 is 0 Å². The minimum atomic E-state index is -0.871. The van der Waals surface area contributed by atoms with Crippen molar-refractivity contribution in [2.75, 3.05) is 34.5 Å². The summed E-state index contributed by atoms with van der Waals surface area (Å²) in [6.45, 7) is 5.87. The second kappa shape index (κ2) is 13.5. The number of rotatable bonds is 11. The second-order valence-electron chi connectivity index (χ2n) is 9.52.